The lowest BCUT2D eigenvalue weighted by Gasteiger charge is -2.27. The summed E-state index contributed by atoms with van der Waals surface area (Å²) in [5.41, 5.74) is 0.353. The number of carbonyl (C=O) groups excluding carboxylic acids is 1. The van der Waals surface area contributed by atoms with Gasteiger partial charge in [-0.2, -0.15) is 0 Å². The van der Waals surface area contributed by atoms with Crippen molar-refractivity contribution in [2.24, 2.45) is 0 Å². The van der Waals surface area contributed by atoms with Gasteiger partial charge >= 0.3 is 5.97 Å². The third-order valence-electron chi connectivity index (χ3n) is 3.52. The van der Waals surface area contributed by atoms with Crippen LogP contribution in [0.25, 0.3) is 0 Å². The molecular formula is C15H18O6. The zero-order chi connectivity index (χ0) is 14.7. The smallest absolute Gasteiger partial charge is 0.341 e. The Bertz CT molecular complexity index is 521. The van der Waals surface area contributed by atoms with Gasteiger partial charge < -0.3 is 23.7 Å². The molecule has 0 unspecified atom stereocenters. The van der Waals surface area contributed by atoms with Crippen LogP contribution in [-0.2, 0) is 9.47 Å². The average molecular weight is 294 g/mol. The number of ether oxygens (including phenoxy) is 5. The molecule has 0 atom stereocenters. The van der Waals surface area contributed by atoms with Crippen molar-refractivity contribution in [1.82, 2.24) is 0 Å². The van der Waals surface area contributed by atoms with Crippen LogP contribution >= 0.6 is 0 Å². The quantitative estimate of drug-likeness (QED) is 0.792. The van der Waals surface area contributed by atoms with Crippen LogP contribution in [0.3, 0.4) is 0 Å². The van der Waals surface area contributed by atoms with Crippen LogP contribution < -0.4 is 14.2 Å². The van der Waals surface area contributed by atoms with Crippen LogP contribution in [-0.4, -0.2) is 45.6 Å². The van der Waals surface area contributed by atoms with Gasteiger partial charge in [0.05, 0.1) is 20.3 Å². The van der Waals surface area contributed by atoms with Crippen molar-refractivity contribution in [3.8, 4) is 17.2 Å². The number of hydrogen-bond acceptors (Lipinski definition) is 6. The Morgan fingerprint density at radius 3 is 2.52 bits per heavy atom. The van der Waals surface area contributed by atoms with Crippen LogP contribution in [0.15, 0.2) is 12.1 Å². The highest BCUT2D eigenvalue weighted by atomic mass is 16.6. The summed E-state index contributed by atoms with van der Waals surface area (Å²) in [5.74, 6) is 1.03. The van der Waals surface area contributed by atoms with Crippen molar-refractivity contribution in [1.29, 1.82) is 0 Å². The fourth-order valence-corrected chi connectivity index (χ4v) is 2.45. The number of carbonyl (C=O) groups is 1. The van der Waals surface area contributed by atoms with Crippen molar-refractivity contribution in [3.63, 3.8) is 0 Å². The van der Waals surface area contributed by atoms with Crippen LogP contribution in [0.2, 0.25) is 0 Å². The van der Waals surface area contributed by atoms with Crippen LogP contribution in [0.1, 0.15) is 23.2 Å². The van der Waals surface area contributed by atoms with Crippen LogP contribution in [0.4, 0.5) is 0 Å². The van der Waals surface area contributed by atoms with Gasteiger partial charge in [-0.25, -0.2) is 4.79 Å². The molecule has 2 heterocycles. The first-order chi connectivity index (χ1) is 10.3. The Labute approximate surface area is 122 Å². The van der Waals surface area contributed by atoms with Gasteiger partial charge in [-0.3, -0.25) is 0 Å². The third kappa shape index (κ3) is 2.90. The predicted molar refractivity (Wildman–Crippen MR) is 73.2 cm³/mol. The number of fused-ring (bicyclic) bond motifs is 1. The monoisotopic (exact) mass is 294 g/mol. The molecule has 1 aromatic rings. The summed E-state index contributed by atoms with van der Waals surface area (Å²) >= 11 is 0. The van der Waals surface area contributed by atoms with E-state index in [-0.39, 0.29) is 6.10 Å². The highest BCUT2D eigenvalue weighted by Crippen LogP contribution is 2.43. The normalized spacial score (nSPS) is 18.1. The summed E-state index contributed by atoms with van der Waals surface area (Å²) < 4.78 is 27.3. The van der Waals surface area contributed by atoms with E-state index >= 15 is 0 Å². The predicted octanol–water partition coefficient (Wildman–Crippen LogP) is 1.80. The van der Waals surface area contributed by atoms with Gasteiger partial charge in [-0.05, 0) is 12.1 Å². The minimum atomic E-state index is -0.450. The second-order valence-electron chi connectivity index (χ2n) is 4.89. The zero-order valence-electron chi connectivity index (χ0n) is 11.9. The molecule has 1 saturated heterocycles. The standard InChI is InChI=1S/C15H18O6/c1-17-15(16)11-2-3-12(14-13(11)19-8-9-20-14)21-10-4-6-18-7-5-10/h2-3,10H,4-9H2,1H3. The Morgan fingerprint density at radius 1 is 1.10 bits per heavy atom. The van der Waals surface area contributed by atoms with Gasteiger partial charge in [0.25, 0.3) is 0 Å². The minimum absolute atomic E-state index is 0.0948. The Kier molecular flexibility index (Phi) is 4.15. The van der Waals surface area contributed by atoms with E-state index in [4.69, 9.17) is 23.7 Å². The van der Waals surface area contributed by atoms with E-state index in [0.717, 1.165) is 12.8 Å². The fraction of sp³-hybridized carbons (Fsp3) is 0.533. The van der Waals surface area contributed by atoms with E-state index in [9.17, 15) is 4.79 Å². The van der Waals surface area contributed by atoms with Crippen LogP contribution in [0, 0.1) is 0 Å². The van der Waals surface area contributed by atoms with E-state index in [0.29, 0.717) is 49.2 Å². The van der Waals surface area contributed by atoms with Crippen LogP contribution in [0.5, 0.6) is 17.2 Å². The lowest BCUT2D eigenvalue weighted by molar-refractivity contribution is 0.0232. The van der Waals surface area contributed by atoms with Crippen molar-refractivity contribution in [3.05, 3.63) is 17.7 Å². The first-order valence-electron chi connectivity index (χ1n) is 7.05. The molecule has 2 aliphatic rings. The number of hydrogen-bond donors (Lipinski definition) is 0. The Hall–Kier alpha value is -1.95. The topological polar surface area (TPSA) is 63.2 Å². The van der Waals surface area contributed by atoms with E-state index in [2.05, 4.69) is 0 Å². The van der Waals surface area contributed by atoms with Gasteiger partial charge in [0.1, 0.15) is 24.9 Å². The molecule has 0 aromatic heterocycles. The molecule has 21 heavy (non-hydrogen) atoms. The first-order valence-corrected chi connectivity index (χ1v) is 7.05. The molecule has 3 rings (SSSR count). The molecule has 1 aromatic carbocycles. The number of methoxy groups -OCH3 is 1. The highest BCUT2D eigenvalue weighted by Gasteiger charge is 2.27. The summed E-state index contributed by atoms with van der Waals surface area (Å²) in [6, 6.07) is 3.38. The zero-order valence-corrected chi connectivity index (χ0v) is 11.9. The lowest BCUT2D eigenvalue weighted by atomic mass is 10.1. The van der Waals surface area contributed by atoms with E-state index in [1.807, 2.05) is 0 Å². The number of rotatable bonds is 3. The second-order valence-corrected chi connectivity index (χ2v) is 4.89. The summed E-state index contributed by atoms with van der Waals surface area (Å²) in [7, 11) is 1.34. The molecule has 6 nitrogen and oxygen atoms in total. The SMILES string of the molecule is COC(=O)c1ccc(OC2CCOCC2)c2c1OCCO2. The third-order valence-corrected chi connectivity index (χ3v) is 3.52. The van der Waals surface area contributed by atoms with Gasteiger partial charge in [-0.1, -0.05) is 0 Å². The maximum Gasteiger partial charge on any atom is 0.341 e. The highest BCUT2D eigenvalue weighted by molar-refractivity contribution is 5.94. The minimum Gasteiger partial charge on any atom is -0.486 e. The molecule has 0 aliphatic carbocycles. The molecule has 0 N–H and O–H groups in total. The largest absolute Gasteiger partial charge is 0.486 e. The Morgan fingerprint density at radius 2 is 1.81 bits per heavy atom. The second kappa shape index (κ2) is 6.22. The number of benzene rings is 1. The summed E-state index contributed by atoms with van der Waals surface area (Å²) in [6.07, 6.45) is 1.78. The molecule has 6 heteroatoms. The maximum atomic E-state index is 11.8. The van der Waals surface area contributed by atoms with Crippen molar-refractivity contribution in [2.75, 3.05) is 33.5 Å². The van der Waals surface area contributed by atoms with Crippen molar-refractivity contribution < 1.29 is 28.5 Å². The lowest BCUT2D eigenvalue weighted by Crippen LogP contribution is -2.27. The molecular weight excluding hydrogens is 276 g/mol. The first kappa shape index (κ1) is 14.0. The summed E-state index contributed by atoms with van der Waals surface area (Å²) in [5, 5.41) is 0. The Balaban J connectivity index is 1.88. The number of esters is 1. The van der Waals surface area contributed by atoms with Crippen molar-refractivity contribution >= 4 is 5.97 Å². The van der Waals surface area contributed by atoms with Crippen molar-refractivity contribution in [2.45, 2.75) is 18.9 Å². The van der Waals surface area contributed by atoms with Gasteiger partial charge in [0, 0.05) is 12.8 Å². The van der Waals surface area contributed by atoms with Gasteiger partial charge in [0.15, 0.2) is 11.5 Å². The summed E-state index contributed by atoms with van der Waals surface area (Å²) in [6.45, 7) is 2.23. The van der Waals surface area contributed by atoms with E-state index in [1.54, 1.807) is 12.1 Å². The molecule has 1 fully saturated rings. The molecule has 114 valence electrons. The van der Waals surface area contributed by atoms with Gasteiger partial charge in [0.2, 0.25) is 5.75 Å². The molecule has 0 radical (unpaired) electrons. The molecule has 0 saturated carbocycles. The summed E-state index contributed by atoms with van der Waals surface area (Å²) in [4.78, 5) is 11.8. The van der Waals surface area contributed by atoms with Gasteiger partial charge in [-0.15, -0.1) is 0 Å². The molecule has 0 bridgehead atoms. The van der Waals surface area contributed by atoms with E-state index in [1.165, 1.54) is 7.11 Å². The average Bonchev–Trinajstić information content (AvgIpc) is 2.55. The molecule has 2 aliphatic heterocycles. The van der Waals surface area contributed by atoms with E-state index < -0.39 is 5.97 Å². The fourth-order valence-electron chi connectivity index (χ4n) is 2.45. The molecule has 0 spiro atoms. The maximum absolute atomic E-state index is 11.8. The molecule has 0 amide bonds.